The summed E-state index contributed by atoms with van der Waals surface area (Å²) in [5, 5.41) is 0.296. The van der Waals surface area contributed by atoms with Gasteiger partial charge in [-0.15, -0.1) is 0 Å². The number of rotatable bonds is 6. The van der Waals surface area contributed by atoms with E-state index in [-0.39, 0.29) is 5.56 Å². The van der Waals surface area contributed by atoms with Crippen LogP contribution < -0.4 is 20.8 Å². The van der Waals surface area contributed by atoms with Gasteiger partial charge in [-0.3, -0.25) is 14.2 Å². The first-order chi connectivity index (χ1) is 13.0. The summed E-state index contributed by atoms with van der Waals surface area (Å²) in [6.07, 6.45) is 0. The highest BCUT2D eigenvalue weighted by atomic mass is 32.2. The molecule has 0 aliphatic rings. The maximum absolute atomic E-state index is 13.2. The quantitative estimate of drug-likeness (QED) is 0.517. The van der Waals surface area contributed by atoms with Crippen molar-refractivity contribution in [1.82, 2.24) is 9.55 Å². The molecule has 2 aromatic carbocycles. The molecule has 27 heavy (non-hydrogen) atoms. The van der Waals surface area contributed by atoms with Gasteiger partial charge < -0.3 is 15.2 Å². The van der Waals surface area contributed by atoms with Crippen molar-refractivity contribution in [3.63, 3.8) is 0 Å². The molecule has 0 saturated carbocycles. The lowest BCUT2D eigenvalue weighted by atomic mass is 10.2. The van der Waals surface area contributed by atoms with Crippen LogP contribution in [0.15, 0.2) is 52.4 Å². The number of ether oxygens (including phenoxy) is 2. The second-order valence-corrected chi connectivity index (χ2v) is 7.06. The summed E-state index contributed by atoms with van der Waals surface area (Å²) in [5.74, 6) is 0.540. The Hall–Kier alpha value is -3.00. The second-order valence-electron chi connectivity index (χ2n) is 5.75. The molecule has 0 radical (unpaired) electrons. The van der Waals surface area contributed by atoms with Gasteiger partial charge in [0, 0.05) is 6.07 Å². The molecule has 0 unspecified atom stereocenters. The van der Waals surface area contributed by atoms with Crippen LogP contribution in [0.5, 0.6) is 11.5 Å². The fraction of sp³-hybridized carbons (Fsp3) is 0.211. The predicted molar refractivity (Wildman–Crippen MR) is 105 cm³/mol. The number of benzene rings is 2. The minimum Gasteiger partial charge on any atom is -0.493 e. The molecular formula is C19H19N3O4S. The Bertz CT molecular complexity index is 1060. The molecule has 140 valence electrons. The van der Waals surface area contributed by atoms with Gasteiger partial charge in [0.2, 0.25) is 5.91 Å². The topological polar surface area (TPSA) is 96.4 Å². The highest BCUT2D eigenvalue weighted by Crippen LogP contribution is 2.31. The van der Waals surface area contributed by atoms with E-state index < -0.39 is 11.2 Å². The molecule has 0 aliphatic carbocycles. The van der Waals surface area contributed by atoms with Crippen molar-refractivity contribution in [2.24, 2.45) is 5.73 Å². The summed E-state index contributed by atoms with van der Waals surface area (Å²) >= 11 is 1.13. The van der Waals surface area contributed by atoms with Crippen molar-refractivity contribution in [3.05, 3.63) is 52.8 Å². The Balaban J connectivity index is 2.28. The largest absolute Gasteiger partial charge is 0.493 e. The molecule has 0 spiro atoms. The first-order valence-electron chi connectivity index (χ1n) is 8.16. The molecule has 1 aromatic heterocycles. The third-order valence-corrected chi connectivity index (χ3v) is 5.12. The van der Waals surface area contributed by atoms with Crippen molar-refractivity contribution in [3.8, 4) is 17.2 Å². The normalized spacial score (nSPS) is 12.0. The number of nitrogens with two attached hydrogens (primary N) is 1. The number of fused-ring (bicyclic) bond motifs is 1. The summed E-state index contributed by atoms with van der Waals surface area (Å²) in [6, 6.07) is 12.2. The van der Waals surface area contributed by atoms with Gasteiger partial charge in [0.05, 0.1) is 36.1 Å². The first-order valence-corrected chi connectivity index (χ1v) is 9.04. The lowest BCUT2D eigenvalue weighted by molar-refractivity contribution is -0.117. The van der Waals surface area contributed by atoms with Gasteiger partial charge in [-0.05, 0) is 31.2 Å². The van der Waals surface area contributed by atoms with E-state index in [4.69, 9.17) is 15.2 Å². The van der Waals surface area contributed by atoms with Gasteiger partial charge in [0.25, 0.3) is 5.56 Å². The molecule has 1 amide bonds. The van der Waals surface area contributed by atoms with Crippen molar-refractivity contribution in [1.29, 1.82) is 0 Å². The maximum atomic E-state index is 13.2. The molecule has 7 nitrogen and oxygen atoms in total. The van der Waals surface area contributed by atoms with Gasteiger partial charge in [-0.25, -0.2) is 4.98 Å². The van der Waals surface area contributed by atoms with Crippen LogP contribution in [-0.2, 0) is 4.79 Å². The van der Waals surface area contributed by atoms with Crippen molar-refractivity contribution in [2.75, 3.05) is 14.2 Å². The number of amides is 1. The van der Waals surface area contributed by atoms with Crippen LogP contribution in [0.25, 0.3) is 16.6 Å². The number of nitrogens with zero attached hydrogens (tertiary/aromatic N) is 2. The number of aromatic nitrogens is 2. The average molecular weight is 385 g/mol. The molecule has 2 N–H and O–H groups in total. The summed E-state index contributed by atoms with van der Waals surface area (Å²) in [6.45, 7) is 1.67. The van der Waals surface area contributed by atoms with E-state index in [1.807, 2.05) is 6.07 Å². The molecule has 0 aliphatic heterocycles. The van der Waals surface area contributed by atoms with E-state index in [1.165, 1.54) is 18.8 Å². The molecule has 0 fully saturated rings. The smallest absolute Gasteiger partial charge is 0.266 e. The molecule has 8 heteroatoms. The second kappa shape index (κ2) is 7.71. The lowest BCUT2D eigenvalue weighted by Crippen LogP contribution is -2.26. The number of methoxy groups -OCH3 is 2. The van der Waals surface area contributed by atoms with Crippen LogP contribution in [0.4, 0.5) is 0 Å². The Kier molecular flexibility index (Phi) is 5.36. The third-order valence-electron chi connectivity index (χ3n) is 4.05. The fourth-order valence-electron chi connectivity index (χ4n) is 2.60. The van der Waals surface area contributed by atoms with E-state index in [2.05, 4.69) is 4.98 Å². The summed E-state index contributed by atoms with van der Waals surface area (Å²) in [4.78, 5) is 29.3. The minimum absolute atomic E-state index is 0.244. The number of carbonyl (C=O) groups is 1. The summed E-state index contributed by atoms with van der Waals surface area (Å²) in [7, 11) is 3.06. The Morgan fingerprint density at radius 2 is 1.85 bits per heavy atom. The standard InChI is InChI=1S/C19H19N3O4S/c1-11(17(20)23)27-19-21-14-7-5-4-6-13(14)18(24)22(19)12-8-9-15(25-2)16(10-12)26-3/h4-11H,1-3H3,(H2,20,23)/t11-/m0/s1. The van der Waals surface area contributed by atoms with Crippen LogP contribution in [0, 0.1) is 0 Å². The summed E-state index contributed by atoms with van der Waals surface area (Å²) < 4.78 is 12.1. The molecular weight excluding hydrogens is 366 g/mol. The lowest BCUT2D eigenvalue weighted by Gasteiger charge is -2.16. The van der Waals surface area contributed by atoms with Crippen molar-refractivity contribution < 1.29 is 14.3 Å². The Labute approximate surface area is 160 Å². The van der Waals surface area contributed by atoms with E-state index in [9.17, 15) is 9.59 Å². The molecule has 3 rings (SSSR count). The number of primary amides is 1. The molecule has 0 bridgehead atoms. The van der Waals surface area contributed by atoms with Gasteiger partial charge in [-0.2, -0.15) is 0 Å². The Morgan fingerprint density at radius 3 is 2.52 bits per heavy atom. The van der Waals surface area contributed by atoms with Crippen LogP contribution in [-0.4, -0.2) is 34.9 Å². The van der Waals surface area contributed by atoms with E-state index in [0.29, 0.717) is 33.2 Å². The van der Waals surface area contributed by atoms with Gasteiger partial charge in [0.1, 0.15) is 0 Å². The molecule has 1 heterocycles. The monoisotopic (exact) mass is 385 g/mol. The SMILES string of the molecule is COc1ccc(-n2c(S[C@@H](C)C(N)=O)nc3ccccc3c2=O)cc1OC. The van der Waals surface area contributed by atoms with Crippen molar-refractivity contribution in [2.45, 2.75) is 17.3 Å². The number of thioether (sulfide) groups is 1. The Morgan fingerprint density at radius 1 is 1.15 bits per heavy atom. The van der Waals surface area contributed by atoms with Crippen LogP contribution in [0.2, 0.25) is 0 Å². The molecule has 0 saturated heterocycles. The maximum Gasteiger partial charge on any atom is 0.266 e. The fourth-order valence-corrected chi connectivity index (χ4v) is 3.48. The van der Waals surface area contributed by atoms with Gasteiger partial charge in [0.15, 0.2) is 16.7 Å². The van der Waals surface area contributed by atoms with E-state index in [0.717, 1.165) is 11.8 Å². The zero-order chi connectivity index (χ0) is 19.6. The van der Waals surface area contributed by atoms with Crippen LogP contribution in [0.1, 0.15) is 6.92 Å². The first kappa shape index (κ1) is 18.8. The van der Waals surface area contributed by atoms with Gasteiger partial charge in [-0.1, -0.05) is 23.9 Å². The summed E-state index contributed by atoms with van der Waals surface area (Å²) in [5.41, 5.74) is 6.26. The zero-order valence-corrected chi connectivity index (χ0v) is 15.9. The predicted octanol–water partition coefficient (Wildman–Crippen LogP) is 2.37. The number of hydrogen-bond acceptors (Lipinski definition) is 6. The van der Waals surface area contributed by atoms with E-state index in [1.54, 1.807) is 43.3 Å². The van der Waals surface area contributed by atoms with E-state index >= 15 is 0 Å². The highest BCUT2D eigenvalue weighted by Gasteiger charge is 2.19. The molecule has 1 atom stereocenters. The third kappa shape index (κ3) is 3.61. The highest BCUT2D eigenvalue weighted by molar-refractivity contribution is 8.00. The van der Waals surface area contributed by atoms with Crippen LogP contribution >= 0.6 is 11.8 Å². The van der Waals surface area contributed by atoms with Crippen molar-refractivity contribution >= 4 is 28.6 Å². The number of para-hydroxylation sites is 1. The number of hydrogen-bond donors (Lipinski definition) is 1. The van der Waals surface area contributed by atoms with Crippen LogP contribution in [0.3, 0.4) is 0 Å². The number of carbonyl (C=O) groups excluding carboxylic acids is 1. The average Bonchev–Trinajstić information content (AvgIpc) is 2.67. The zero-order valence-electron chi connectivity index (χ0n) is 15.1. The van der Waals surface area contributed by atoms with Gasteiger partial charge >= 0.3 is 0 Å². The molecule has 3 aromatic rings. The minimum atomic E-state index is -0.551.